The van der Waals surface area contributed by atoms with Gasteiger partial charge in [-0.2, -0.15) is 0 Å². The van der Waals surface area contributed by atoms with Crippen LogP contribution in [0.3, 0.4) is 0 Å². The second-order valence-corrected chi connectivity index (χ2v) is 6.40. The standard InChI is InChI=1S/C19H33N3O/c1-2-3-4-5-6-7-8-9-10-11-12-13-14-17-15-21-16-18(22-17)19(20)23/h15-16H,2-14H2,1H3,(H2,20,23). The van der Waals surface area contributed by atoms with Crippen LogP contribution >= 0.6 is 0 Å². The van der Waals surface area contributed by atoms with Crippen LogP contribution in [-0.2, 0) is 6.42 Å². The van der Waals surface area contributed by atoms with Crippen LogP contribution in [0, 0.1) is 0 Å². The summed E-state index contributed by atoms with van der Waals surface area (Å²) in [4.78, 5) is 19.3. The molecule has 1 aromatic rings. The molecule has 1 amide bonds. The molecule has 0 aliphatic carbocycles. The summed E-state index contributed by atoms with van der Waals surface area (Å²) >= 11 is 0. The summed E-state index contributed by atoms with van der Waals surface area (Å²) < 4.78 is 0. The molecule has 0 bridgehead atoms. The summed E-state index contributed by atoms with van der Waals surface area (Å²) in [5.41, 5.74) is 6.34. The lowest BCUT2D eigenvalue weighted by atomic mass is 10.0. The van der Waals surface area contributed by atoms with E-state index in [9.17, 15) is 4.79 Å². The zero-order valence-corrected chi connectivity index (χ0v) is 14.7. The maximum absolute atomic E-state index is 11.0. The van der Waals surface area contributed by atoms with Gasteiger partial charge in [0.2, 0.25) is 0 Å². The van der Waals surface area contributed by atoms with Gasteiger partial charge in [-0.1, -0.05) is 77.6 Å². The van der Waals surface area contributed by atoms with Crippen molar-refractivity contribution in [3.05, 3.63) is 23.8 Å². The molecule has 0 aromatic carbocycles. The van der Waals surface area contributed by atoms with E-state index in [4.69, 9.17) is 5.73 Å². The Hall–Kier alpha value is -1.45. The van der Waals surface area contributed by atoms with E-state index < -0.39 is 5.91 Å². The fourth-order valence-corrected chi connectivity index (χ4v) is 2.79. The van der Waals surface area contributed by atoms with Crippen LogP contribution < -0.4 is 5.73 Å². The van der Waals surface area contributed by atoms with E-state index in [2.05, 4.69) is 16.9 Å². The van der Waals surface area contributed by atoms with Gasteiger partial charge >= 0.3 is 0 Å². The maximum Gasteiger partial charge on any atom is 0.268 e. The summed E-state index contributed by atoms with van der Waals surface area (Å²) in [6.07, 6.45) is 20.1. The Bertz CT molecular complexity index is 434. The van der Waals surface area contributed by atoms with Gasteiger partial charge in [-0.25, -0.2) is 4.98 Å². The van der Waals surface area contributed by atoms with Crippen molar-refractivity contribution in [1.29, 1.82) is 0 Å². The molecule has 4 nitrogen and oxygen atoms in total. The van der Waals surface area contributed by atoms with Crippen LogP contribution in [0.15, 0.2) is 12.4 Å². The number of unbranched alkanes of at least 4 members (excludes halogenated alkanes) is 11. The molecule has 0 spiro atoms. The minimum Gasteiger partial charge on any atom is -0.364 e. The third kappa shape index (κ3) is 10.0. The van der Waals surface area contributed by atoms with E-state index in [1.54, 1.807) is 6.20 Å². The van der Waals surface area contributed by atoms with Gasteiger partial charge in [0.1, 0.15) is 5.69 Å². The highest BCUT2D eigenvalue weighted by Crippen LogP contribution is 2.12. The van der Waals surface area contributed by atoms with Crippen molar-refractivity contribution in [3.8, 4) is 0 Å². The summed E-state index contributed by atoms with van der Waals surface area (Å²) in [6, 6.07) is 0. The largest absolute Gasteiger partial charge is 0.364 e. The molecule has 1 aromatic heterocycles. The quantitative estimate of drug-likeness (QED) is 0.500. The number of nitrogens with two attached hydrogens (primary N) is 1. The lowest BCUT2D eigenvalue weighted by molar-refractivity contribution is 0.0995. The number of hydrogen-bond donors (Lipinski definition) is 1. The number of hydrogen-bond acceptors (Lipinski definition) is 3. The lowest BCUT2D eigenvalue weighted by Crippen LogP contribution is -2.14. The topological polar surface area (TPSA) is 68.9 Å². The fourth-order valence-electron chi connectivity index (χ4n) is 2.79. The molecule has 2 N–H and O–H groups in total. The zero-order chi connectivity index (χ0) is 16.8. The predicted molar refractivity (Wildman–Crippen MR) is 95.3 cm³/mol. The minimum atomic E-state index is -0.506. The monoisotopic (exact) mass is 319 g/mol. The highest BCUT2D eigenvalue weighted by atomic mass is 16.1. The molecule has 4 heteroatoms. The molecule has 0 saturated heterocycles. The number of amides is 1. The average Bonchev–Trinajstić information content (AvgIpc) is 2.56. The normalized spacial score (nSPS) is 10.8. The second-order valence-electron chi connectivity index (χ2n) is 6.40. The van der Waals surface area contributed by atoms with Gasteiger partial charge in [0.05, 0.1) is 11.9 Å². The highest BCUT2D eigenvalue weighted by molar-refractivity contribution is 5.90. The van der Waals surface area contributed by atoms with E-state index in [1.165, 1.54) is 76.8 Å². The van der Waals surface area contributed by atoms with Crippen molar-refractivity contribution in [2.45, 2.75) is 90.4 Å². The number of aromatic nitrogens is 2. The van der Waals surface area contributed by atoms with Gasteiger partial charge in [0.25, 0.3) is 5.91 Å². The van der Waals surface area contributed by atoms with Crippen LogP contribution in [0.25, 0.3) is 0 Å². The Morgan fingerprint density at radius 2 is 1.39 bits per heavy atom. The molecule has 0 fully saturated rings. The van der Waals surface area contributed by atoms with E-state index >= 15 is 0 Å². The molecule has 0 saturated carbocycles. The van der Waals surface area contributed by atoms with Crippen LogP contribution in [0.5, 0.6) is 0 Å². The van der Waals surface area contributed by atoms with Gasteiger partial charge in [-0.05, 0) is 12.8 Å². The number of aryl methyl sites for hydroxylation is 1. The SMILES string of the molecule is CCCCCCCCCCCCCCc1cncc(C(N)=O)n1. The molecule has 130 valence electrons. The lowest BCUT2D eigenvalue weighted by Gasteiger charge is -2.03. The molecule has 0 unspecified atom stereocenters. The number of nitrogens with zero attached hydrogens (tertiary/aromatic N) is 2. The molecular formula is C19H33N3O. The molecular weight excluding hydrogens is 286 g/mol. The molecule has 1 rings (SSSR count). The minimum absolute atomic E-state index is 0.265. The Kier molecular flexibility index (Phi) is 11.1. The average molecular weight is 319 g/mol. The Balaban J connectivity index is 1.93. The Labute approximate surface area is 141 Å². The molecule has 1 heterocycles. The van der Waals surface area contributed by atoms with Crippen molar-refractivity contribution >= 4 is 5.91 Å². The summed E-state index contributed by atoms with van der Waals surface area (Å²) in [5.74, 6) is -0.506. The summed E-state index contributed by atoms with van der Waals surface area (Å²) in [7, 11) is 0. The van der Waals surface area contributed by atoms with Crippen molar-refractivity contribution in [2.24, 2.45) is 5.73 Å². The second kappa shape index (κ2) is 13.0. The third-order valence-electron chi connectivity index (χ3n) is 4.22. The van der Waals surface area contributed by atoms with Gasteiger partial charge in [-0.15, -0.1) is 0 Å². The van der Waals surface area contributed by atoms with E-state index in [-0.39, 0.29) is 5.69 Å². The van der Waals surface area contributed by atoms with Crippen molar-refractivity contribution in [2.75, 3.05) is 0 Å². The molecule has 0 aliphatic heterocycles. The first-order valence-corrected chi connectivity index (χ1v) is 9.34. The van der Waals surface area contributed by atoms with E-state index in [0.29, 0.717) is 0 Å². The molecule has 0 aliphatic rings. The van der Waals surface area contributed by atoms with Gasteiger partial charge < -0.3 is 5.73 Å². The number of carbonyl (C=O) groups is 1. The first-order valence-electron chi connectivity index (χ1n) is 9.34. The van der Waals surface area contributed by atoms with Crippen LogP contribution in [0.2, 0.25) is 0 Å². The predicted octanol–water partition coefficient (Wildman–Crippen LogP) is 4.82. The van der Waals surface area contributed by atoms with Crippen molar-refractivity contribution in [1.82, 2.24) is 9.97 Å². The van der Waals surface area contributed by atoms with E-state index in [0.717, 1.165) is 18.5 Å². The van der Waals surface area contributed by atoms with Crippen LogP contribution in [0.4, 0.5) is 0 Å². The van der Waals surface area contributed by atoms with Gasteiger partial charge in [-0.3, -0.25) is 9.78 Å². The smallest absolute Gasteiger partial charge is 0.268 e. The zero-order valence-electron chi connectivity index (χ0n) is 14.7. The summed E-state index contributed by atoms with van der Waals surface area (Å²) in [5, 5.41) is 0. The van der Waals surface area contributed by atoms with E-state index in [1.807, 2.05) is 0 Å². The molecule has 0 radical (unpaired) electrons. The van der Waals surface area contributed by atoms with Crippen LogP contribution in [-0.4, -0.2) is 15.9 Å². The number of carbonyl (C=O) groups excluding carboxylic acids is 1. The first-order chi connectivity index (χ1) is 11.2. The van der Waals surface area contributed by atoms with Gasteiger partial charge in [0.15, 0.2) is 0 Å². The van der Waals surface area contributed by atoms with Crippen LogP contribution in [0.1, 0.15) is 100 Å². The fraction of sp³-hybridized carbons (Fsp3) is 0.737. The Morgan fingerprint density at radius 1 is 0.870 bits per heavy atom. The number of primary amides is 1. The van der Waals surface area contributed by atoms with Crippen molar-refractivity contribution in [3.63, 3.8) is 0 Å². The highest BCUT2D eigenvalue weighted by Gasteiger charge is 2.03. The maximum atomic E-state index is 11.0. The molecule has 0 atom stereocenters. The summed E-state index contributed by atoms with van der Waals surface area (Å²) in [6.45, 7) is 2.26. The first kappa shape index (κ1) is 19.6. The Morgan fingerprint density at radius 3 is 1.91 bits per heavy atom. The third-order valence-corrected chi connectivity index (χ3v) is 4.22. The number of rotatable bonds is 14. The van der Waals surface area contributed by atoms with Crippen molar-refractivity contribution < 1.29 is 4.79 Å². The molecule has 23 heavy (non-hydrogen) atoms. The van der Waals surface area contributed by atoms with Gasteiger partial charge in [0, 0.05) is 6.20 Å².